The monoisotopic (exact) mass is 419 g/mol. The van der Waals surface area contributed by atoms with Crippen molar-refractivity contribution < 1.29 is 24.9 Å². The number of rotatable bonds is 17. The number of aliphatic hydroxyl groups excluding tert-OH is 1. The highest BCUT2D eigenvalue weighted by Gasteiger charge is 2.01. The van der Waals surface area contributed by atoms with Gasteiger partial charge in [0.25, 0.3) is 0 Å². The SMILES string of the molecule is CC(O)C(=O)O.CCCCCCCCCCCCCCCCCC(=O)O.CNC. The lowest BCUT2D eigenvalue weighted by Crippen LogP contribution is -2.13. The van der Waals surface area contributed by atoms with Crippen LogP contribution in [0.25, 0.3) is 0 Å². The van der Waals surface area contributed by atoms with Gasteiger partial charge in [-0.3, -0.25) is 4.79 Å². The van der Waals surface area contributed by atoms with Crippen molar-refractivity contribution in [3.05, 3.63) is 0 Å². The summed E-state index contributed by atoms with van der Waals surface area (Å²) in [6.07, 6.45) is 19.0. The van der Waals surface area contributed by atoms with Crippen molar-refractivity contribution >= 4 is 11.9 Å². The molecule has 1 atom stereocenters. The fourth-order valence-corrected chi connectivity index (χ4v) is 2.65. The topological polar surface area (TPSA) is 107 Å². The van der Waals surface area contributed by atoms with Gasteiger partial charge in [-0.05, 0) is 27.4 Å². The van der Waals surface area contributed by atoms with Crippen LogP contribution in [-0.4, -0.2) is 47.5 Å². The Labute approximate surface area is 179 Å². The van der Waals surface area contributed by atoms with Crippen molar-refractivity contribution in [3.8, 4) is 0 Å². The first-order chi connectivity index (χ1) is 13.8. The minimum absolute atomic E-state index is 0.345. The quantitative estimate of drug-likeness (QED) is 0.228. The zero-order valence-corrected chi connectivity index (χ0v) is 19.5. The first-order valence-corrected chi connectivity index (χ1v) is 11.5. The first-order valence-electron chi connectivity index (χ1n) is 11.5. The van der Waals surface area contributed by atoms with Crippen LogP contribution in [-0.2, 0) is 9.59 Å². The van der Waals surface area contributed by atoms with Gasteiger partial charge in [-0.2, -0.15) is 0 Å². The Kier molecular flexibility index (Phi) is 32.6. The maximum absolute atomic E-state index is 10.3. The number of unbranched alkanes of at least 4 members (excludes halogenated alkanes) is 14. The van der Waals surface area contributed by atoms with Crippen molar-refractivity contribution in [3.63, 3.8) is 0 Å². The second kappa shape index (κ2) is 29.1. The van der Waals surface area contributed by atoms with E-state index in [2.05, 4.69) is 12.2 Å². The second-order valence-corrected chi connectivity index (χ2v) is 7.61. The Balaban J connectivity index is -0.000000625. The van der Waals surface area contributed by atoms with E-state index in [0.29, 0.717) is 6.42 Å². The largest absolute Gasteiger partial charge is 0.481 e. The third kappa shape index (κ3) is 42.1. The maximum Gasteiger partial charge on any atom is 0.332 e. The van der Waals surface area contributed by atoms with Crippen molar-refractivity contribution in [2.75, 3.05) is 14.1 Å². The lowest BCUT2D eigenvalue weighted by molar-refractivity contribution is -0.145. The molecule has 0 bridgehead atoms. The van der Waals surface area contributed by atoms with E-state index < -0.39 is 18.0 Å². The Bertz CT molecular complexity index is 335. The fraction of sp³-hybridized carbons (Fsp3) is 0.913. The lowest BCUT2D eigenvalue weighted by atomic mass is 10.0. The van der Waals surface area contributed by atoms with Gasteiger partial charge < -0.3 is 20.6 Å². The molecule has 0 saturated carbocycles. The average Bonchev–Trinajstić information content (AvgIpc) is 2.65. The minimum atomic E-state index is -1.23. The molecule has 6 nitrogen and oxygen atoms in total. The Hall–Kier alpha value is -1.14. The van der Waals surface area contributed by atoms with Gasteiger partial charge in [0.1, 0.15) is 6.10 Å². The standard InChI is InChI=1S/C18H36O2.C3H6O3.C2H7N/c1-2-3-4-5-6-7-8-9-10-11-12-13-14-15-16-17-18(19)20;1-2(4)3(5)6;1-3-2/h2-17H2,1H3,(H,19,20);2,4H,1H3,(H,5,6);3H,1-2H3. The molecule has 4 N–H and O–H groups in total. The number of aliphatic hydroxyl groups is 1. The molecular formula is C23H49NO5. The molecule has 0 amide bonds. The molecule has 0 aromatic heterocycles. The van der Waals surface area contributed by atoms with Gasteiger partial charge in [0.15, 0.2) is 0 Å². The number of aliphatic carboxylic acids is 2. The van der Waals surface area contributed by atoms with Crippen LogP contribution >= 0.6 is 0 Å². The number of nitrogens with one attached hydrogen (secondary N) is 1. The zero-order chi connectivity index (χ0) is 22.8. The Morgan fingerprint density at radius 3 is 1.14 bits per heavy atom. The molecule has 0 aromatic carbocycles. The van der Waals surface area contributed by atoms with Gasteiger partial charge in [-0.15, -0.1) is 0 Å². The van der Waals surface area contributed by atoms with Gasteiger partial charge in [-0.25, -0.2) is 4.79 Å². The molecule has 1 unspecified atom stereocenters. The fourth-order valence-electron chi connectivity index (χ4n) is 2.65. The normalized spacial score (nSPS) is 10.9. The average molecular weight is 420 g/mol. The van der Waals surface area contributed by atoms with Crippen LogP contribution in [0.3, 0.4) is 0 Å². The van der Waals surface area contributed by atoms with Crippen molar-refractivity contribution in [2.24, 2.45) is 0 Å². The van der Waals surface area contributed by atoms with Crippen LogP contribution in [0.2, 0.25) is 0 Å². The molecule has 29 heavy (non-hydrogen) atoms. The first kappa shape index (κ1) is 32.5. The second-order valence-electron chi connectivity index (χ2n) is 7.61. The maximum atomic E-state index is 10.3. The summed E-state index contributed by atoms with van der Waals surface area (Å²) >= 11 is 0. The smallest absolute Gasteiger partial charge is 0.332 e. The Morgan fingerprint density at radius 2 is 0.931 bits per heavy atom. The predicted octanol–water partition coefficient (Wildman–Crippen LogP) is 5.62. The van der Waals surface area contributed by atoms with Crippen LogP contribution in [0.15, 0.2) is 0 Å². The highest BCUT2D eigenvalue weighted by molar-refractivity contribution is 5.71. The van der Waals surface area contributed by atoms with Gasteiger partial charge in [0.2, 0.25) is 0 Å². The van der Waals surface area contributed by atoms with E-state index in [9.17, 15) is 9.59 Å². The molecule has 0 fully saturated rings. The van der Waals surface area contributed by atoms with E-state index in [0.717, 1.165) is 12.8 Å². The van der Waals surface area contributed by atoms with Crippen molar-refractivity contribution in [1.29, 1.82) is 0 Å². The number of carbonyl (C=O) groups is 2. The van der Waals surface area contributed by atoms with Crippen molar-refractivity contribution in [2.45, 2.75) is 123 Å². The summed E-state index contributed by atoms with van der Waals surface area (Å²) in [6.45, 7) is 3.47. The molecule has 0 rings (SSSR count). The molecule has 0 spiro atoms. The van der Waals surface area contributed by atoms with Crippen molar-refractivity contribution in [1.82, 2.24) is 5.32 Å². The highest BCUT2D eigenvalue weighted by atomic mass is 16.4. The van der Waals surface area contributed by atoms with E-state index in [1.165, 1.54) is 90.4 Å². The molecule has 6 heteroatoms. The van der Waals surface area contributed by atoms with Gasteiger partial charge in [0, 0.05) is 6.42 Å². The highest BCUT2D eigenvalue weighted by Crippen LogP contribution is 2.13. The number of hydrogen-bond acceptors (Lipinski definition) is 4. The summed E-state index contributed by atoms with van der Waals surface area (Å²) in [5.74, 6) is -1.84. The van der Waals surface area contributed by atoms with E-state index in [1.807, 2.05) is 14.1 Å². The molecule has 0 heterocycles. The Morgan fingerprint density at radius 1 is 0.690 bits per heavy atom. The molecule has 0 aromatic rings. The summed E-state index contributed by atoms with van der Waals surface area (Å²) in [5.41, 5.74) is 0. The number of hydrogen-bond donors (Lipinski definition) is 4. The molecule has 0 aliphatic heterocycles. The number of carboxylic acids is 2. The lowest BCUT2D eigenvalue weighted by Gasteiger charge is -2.03. The van der Waals surface area contributed by atoms with Crippen LogP contribution in [0.4, 0.5) is 0 Å². The molecule has 0 radical (unpaired) electrons. The van der Waals surface area contributed by atoms with Gasteiger partial charge in [0.05, 0.1) is 0 Å². The van der Waals surface area contributed by atoms with Crippen LogP contribution in [0, 0.1) is 0 Å². The molecule has 0 aliphatic carbocycles. The van der Waals surface area contributed by atoms with Crippen LogP contribution in [0.5, 0.6) is 0 Å². The van der Waals surface area contributed by atoms with Gasteiger partial charge in [-0.1, -0.05) is 96.8 Å². The number of carboxylic acid groups (broad SMARTS) is 2. The predicted molar refractivity (Wildman–Crippen MR) is 121 cm³/mol. The molecular weight excluding hydrogens is 370 g/mol. The third-order valence-corrected chi connectivity index (χ3v) is 4.35. The zero-order valence-electron chi connectivity index (χ0n) is 19.5. The molecule has 176 valence electrons. The van der Waals surface area contributed by atoms with Crippen LogP contribution < -0.4 is 5.32 Å². The minimum Gasteiger partial charge on any atom is -0.481 e. The van der Waals surface area contributed by atoms with E-state index in [1.54, 1.807) is 0 Å². The third-order valence-electron chi connectivity index (χ3n) is 4.35. The van der Waals surface area contributed by atoms with Crippen LogP contribution in [0.1, 0.15) is 117 Å². The van der Waals surface area contributed by atoms with Gasteiger partial charge >= 0.3 is 11.9 Å². The summed E-state index contributed by atoms with van der Waals surface area (Å²) in [4.78, 5) is 19.8. The molecule has 0 aliphatic rings. The van der Waals surface area contributed by atoms with E-state index in [4.69, 9.17) is 15.3 Å². The van der Waals surface area contributed by atoms with E-state index >= 15 is 0 Å². The summed E-state index contributed by atoms with van der Waals surface area (Å²) in [7, 11) is 3.75. The summed E-state index contributed by atoms with van der Waals surface area (Å²) in [5, 5.41) is 27.0. The summed E-state index contributed by atoms with van der Waals surface area (Å²) < 4.78 is 0. The summed E-state index contributed by atoms with van der Waals surface area (Å²) in [6, 6.07) is 0. The molecule has 0 saturated heterocycles. The van der Waals surface area contributed by atoms with E-state index in [-0.39, 0.29) is 0 Å².